The van der Waals surface area contributed by atoms with Crippen molar-refractivity contribution in [3.05, 3.63) is 29.3 Å². The van der Waals surface area contributed by atoms with E-state index in [-0.39, 0.29) is 0 Å². The van der Waals surface area contributed by atoms with E-state index in [0.29, 0.717) is 12.1 Å². The number of ether oxygens (including phenoxy) is 1. The zero-order valence-corrected chi connectivity index (χ0v) is 11.6. The average Bonchev–Trinajstić information content (AvgIpc) is 2.71. The molecule has 0 spiro atoms. The Morgan fingerprint density at radius 1 is 1.44 bits per heavy atom. The Labute approximate surface area is 110 Å². The zero-order valence-electron chi connectivity index (χ0n) is 11.6. The van der Waals surface area contributed by atoms with E-state index in [0.717, 1.165) is 25.3 Å². The fourth-order valence-electron chi connectivity index (χ4n) is 2.66. The van der Waals surface area contributed by atoms with Gasteiger partial charge in [-0.1, -0.05) is 6.07 Å². The normalized spacial score (nSPS) is 18.6. The standard InChI is InChI=1S/C15H24N2O/c1-11(2)18-9-8-17(3)15-7-4-12-10-13(16)5-6-14(12)15/h5-6,10-11,15H,4,7-9,16H2,1-3H3. The largest absolute Gasteiger partial charge is 0.399 e. The highest BCUT2D eigenvalue weighted by Crippen LogP contribution is 2.35. The topological polar surface area (TPSA) is 38.5 Å². The molecule has 0 amide bonds. The molecule has 1 aromatic carbocycles. The molecule has 3 heteroatoms. The molecule has 1 aromatic rings. The molecular formula is C15H24N2O. The van der Waals surface area contributed by atoms with Crippen LogP contribution in [0.25, 0.3) is 0 Å². The van der Waals surface area contributed by atoms with Crippen molar-refractivity contribution < 1.29 is 4.74 Å². The maximum Gasteiger partial charge on any atom is 0.0597 e. The maximum atomic E-state index is 5.83. The van der Waals surface area contributed by atoms with E-state index in [9.17, 15) is 0 Å². The van der Waals surface area contributed by atoms with E-state index >= 15 is 0 Å². The first-order valence-corrected chi connectivity index (χ1v) is 6.78. The molecule has 1 aliphatic rings. The molecule has 2 rings (SSSR count). The van der Waals surface area contributed by atoms with E-state index in [2.05, 4.69) is 37.9 Å². The van der Waals surface area contributed by atoms with E-state index in [1.165, 1.54) is 17.5 Å². The summed E-state index contributed by atoms with van der Waals surface area (Å²) in [6.45, 7) is 5.93. The molecule has 1 unspecified atom stereocenters. The molecule has 2 N–H and O–H groups in total. The highest BCUT2D eigenvalue weighted by molar-refractivity contribution is 5.47. The van der Waals surface area contributed by atoms with Gasteiger partial charge in [0.2, 0.25) is 0 Å². The van der Waals surface area contributed by atoms with Gasteiger partial charge in [-0.25, -0.2) is 0 Å². The number of hydrogen-bond donors (Lipinski definition) is 1. The van der Waals surface area contributed by atoms with Crippen LogP contribution in [-0.2, 0) is 11.2 Å². The molecule has 0 saturated heterocycles. The lowest BCUT2D eigenvalue weighted by molar-refractivity contribution is 0.0558. The summed E-state index contributed by atoms with van der Waals surface area (Å²) in [6.07, 6.45) is 2.64. The number of rotatable bonds is 5. The quantitative estimate of drug-likeness (QED) is 0.814. The first-order chi connectivity index (χ1) is 8.58. The molecule has 0 saturated carbocycles. The van der Waals surface area contributed by atoms with Crippen LogP contribution >= 0.6 is 0 Å². The molecular weight excluding hydrogens is 224 g/mol. The van der Waals surface area contributed by atoms with E-state index < -0.39 is 0 Å². The molecule has 1 aliphatic carbocycles. The maximum absolute atomic E-state index is 5.83. The van der Waals surface area contributed by atoms with Crippen LogP contribution < -0.4 is 5.73 Å². The summed E-state index contributed by atoms with van der Waals surface area (Å²) in [4.78, 5) is 2.39. The highest BCUT2D eigenvalue weighted by atomic mass is 16.5. The second-order valence-corrected chi connectivity index (χ2v) is 5.41. The second kappa shape index (κ2) is 5.72. The van der Waals surface area contributed by atoms with E-state index in [1.54, 1.807) is 0 Å². The van der Waals surface area contributed by atoms with Crippen LogP contribution in [0, 0.1) is 0 Å². The molecule has 0 radical (unpaired) electrons. The van der Waals surface area contributed by atoms with Gasteiger partial charge in [0.05, 0.1) is 12.7 Å². The molecule has 0 bridgehead atoms. The molecule has 0 aromatic heterocycles. The van der Waals surface area contributed by atoms with Crippen molar-refractivity contribution in [2.24, 2.45) is 0 Å². The summed E-state index contributed by atoms with van der Waals surface area (Å²) in [5.41, 5.74) is 9.56. The Morgan fingerprint density at radius 2 is 2.22 bits per heavy atom. The molecule has 100 valence electrons. The minimum atomic E-state index is 0.314. The van der Waals surface area contributed by atoms with Gasteiger partial charge in [-0.05, 0) is 57.0 Å². The van der Waals surface area contributed by atoms with E-state index in [1.807, 2.05) is 6.07 Å². The molecule has 0 fully saturated rings. The predicted octanol–water partition coefficient (Wildman–Crippen LogP) is 2.61. The van der Waals surface area contributed by atoms with Crippen molar-refractivity contribution in [1.29, 1.82) is 0 Å². The highest BCUT2D eigenvalue weighted by Gasteiger charge is 2.25. The predicted molar refractivity (Wildman–Crippen MR) is 75.6 cm³/mol. The van der Waals surface area contributed by atoms with Crippen LogP contribution in [0.3, 0.4) is 0 Å². The molecule has 0 aliphatic heterocycles. The molecule has 0 heterocycles. The number of benzene rings is 1. The second-order valence-electron chi connectivity index (χ2n) is 5.41. The zero-order chi connectivity index (χ0) is 13.1. The van der Waals surface area contributed by atoms with Crippen molar-refractivity contribution in [2.75, 3.05) is 25.9 Å². The summed E-state index contributed by atoms with van der Waals surface area (Å²) in [5, 5.41) is 0. The third-order valence-electron chi connectivity index (χ3n) is 3.64. The fourth-order valence-corrected chi connectivity index (χ4v) is 2.66. The minimum Gasteiger partial charge on any atom is -0.399 e. The van der Waals surface area contributed by atoms with Gasteiger partial charge in [-0.3, -0.25) is 4.90 Å². The number of nitrogens with two attached hydrogens (primary N) is 1. The van der Waals surface area contributed by atoms with Gasteiger partial charge in [0.25, 0.3) is 0 Å². The monoisotopic (exact) mass is 248 g/mol. The van der Waals surface area contributed by atoms with Crippen LogP contribution in [0.1, 0.15) is 37.4 Å². The van der Waals surface area contributed by atoms with Crippen LogP contribution in [0.2, 0.25) is 0 Å². The number of nitrogens with zero attached hydrogens (tertiary/aromatic N) is 1. The van der Waals surface area contributed by atoms with Gasteiger partial charge < -0.3 is 10.5 Å². The Kier molecular flexibility index (Phi) is 4.25. The third kappa shape index (κ3) is 3.03. The average molecular weight is 248 g/mol. The molecule has 18 heavy (non-hydrogen) atoms. The van der Waals surface area contributed by atoms with Gasteiger partial charge in [0, 0.05) is 18.3 Å². The molecule has 3 nitrogen and oxygen atoms in total. The Hall–Kier alpha value is -1.06. The first kappa shape index (κ1) is 13.4. The number of aryl methyl sites for hydroxylation is 1. The minimum absolute atomic E-state index is 0.314. The van der Waals surface area contributed by atoms with Crippen molar-refractivity contribution in [2.45, 2.75) is 38.8 Å². The van der Waals surface area contributed by atoms with Gasteiger partial charge >= 0.3 is 0 Å². The summed E-state index contributed by atoms with van der Waals surface area (Å²) >= 11 is 0. The summed E-state index contributed by atoms with van der Waals surface area (Å²) in [7, 11) is 2.18. The van der Waals surface area contributed by atoms with Gasteiger partial charge in [0.1, 0.15) is 0 Å². The van der Waals surface area contributed by atoms with Gasteiger partial charge in [-0.2, -0.15) is 0 Å². The number of likely N-dealkylation sites (N-methyl/N-ethyl adjacent to an activating group) is 1. The number of hydrogen-bond acceptors (Lipinski definition) is 3. The Balaban J connectivity index is 1.95. The lowest BCUT2D eigenvalue weighted by Gasteiger charge is -2.25. The van der Waals surface area contributed by atoms with Crippen molar-refractivity contribution in [3.63, 3.8) is 0 Å². The number of fused-ring (bicyclic) bond motifs is 1. The fraction of sp³-hybridized carbons (Fsp3) is 0.600. The smallest absolute Gasteiger partial charge is 0.0597 e. The van der Waals surface area contributed by atoms with Crippen LogP contribution in [0.15, 0.2) is 18.2 Å². The van der Waals surface area contributed by atoms with Crippen LogP contribution in [-0.4, -0.2) is 31.2 Å². The number of nitrogen functional groups attached to an aromatic ring is 1. The van der Waals surface area contributed by atoms with Gasteiger partial charge in [-0.15, -0.1) is 0 Å². The van der Waals surface area contributed by atoms with Gasteiger partial charge in [0.15, 0.2) is 0 Å². The van der Waals surface area contributed by atoms with E-state index in [4.69, 9.17) is 10.5 Å². The lowest BCUT2D eigenvalue weighted by Crippen LogP contribution is -2.27. The Morgan fingerprint density at radius 3 is 2.94 bits per heavy atom. The third-order valence-corrected chi connectivity index (χ3v) is 3.64. The van der Waals surface area contributed by atoms with Crippen molar-refractivity contribution >= 4 is 5.69 Å². The summed E-state index contributed by atoms with van der Waals surface area (Å²) in [6, 6.07) is 6.84. The number of anilines is 1. The van der Waals surface area contributed by atoms with Crippen LogP contribution in [0.4, 0.5) is 5.69 Å². The lowest BCUT2D eigenvalue weighted by atomic mass is 10.1. The van der Waals surface area contributed by atoms with Crippen molar-refractivity contribution in [3.8, 4) is 0 Å². The SMILES string of the molecule is CC(C)OCCN(C)C1CCc2cc(N)ccc21. The Bertz CT molecular complexity index is 403. The summed E-state index contributed by atoms with van der Waals surface area (Å²) in [5.74, 6) is 0. The van der Waals surface area contributed by atoms with Crippen LogP contribution in [0.5, 0.6) is 0 Å². The summed E-state index contributed by atoms with van der Waals surface area (Å²) < 4.78 is 5.62. The first-order valence-electron chi connectivity index (χ1n) is 6.78. The molecule has 1 atom stereocenters. The van der Waals surface area contributed by atoms with Crippen molar-refractivity contribution in [1.82, 2.24) is 4.90 Å².